The highest BCUT2D eigenvalue weighted by Gasteiger charge is 2.11. The Morgan fingerprint density at radius 3 is 2.23 bits per heavy atom. The van der Waals surface area contributed by atoms with E-state index in [2.05, 4.69) is 12.2 Å². The quantitative estimate of drug-likeness (QED) is 0.662. The molecule has 13 heavy (non-hydrogen) atoms. The van der Waals surface area contributed by atoms with E-state index >= 15 is 0 Å². The van der Waals surface area contributed by atoms with Crippen molar-refractivity contribution in [2.75, 3.05) is 26.7 Å². The molecule has 0 saturated carbocycles. The van der Waals surface area contributed by atoms with Crippen LogP contribution < -0.4 is 5.32 Å². The Morgan fingerprint density at radius 2 is 1.85 bits per heavy atom. The van der Waals surface area contributed by atoms with E-state index in [4.69, 9.17) is 0 Å². The normalized spacial score (nSPS) is 14.1. The zero-order valence-electron chi connectivity index (χ0n) is 8.69. The Hall–Kier alpha value is -0.220. The molecule has 4 heteroatoms. The number of hydrogen-bond donors (Lipinski definition) is 1. The highest BCUT2D eigenvalue weighted by molar-refractivity contribution is 4.68. The third kappa shape index (κ3) is 6.90. The fraction of sp³-hybridized carbons (Fsp3) is 1.00. The molecule has 0 aliphatic heterocycles. The molecule has 0 fully saturated rings. The first-order chi connectivity index (χ1) is 6.10. The van der Waals surface area contributed by atoms with E-state index in [1.165, 1.54) is 0 Å². The van der Waals surface area contributed by atoms with Gasteiger partial charge >= 0.3 is 0 Å². The third-order valence-electron chi connectivity index (χ3n) is 1.97. The van der Waals surface area contributed by atoms with Gasteiger partial charge in [-0.15, -0.1) is 0 Å². The Balaban J connectivity index is 3.65. The van der Waals surface area contributed by atoms with Crippen molar-refractivity contribution in [1.82, 2.24) is 10.2 Å². The Kier molecular flexibility index (Phi) is 7.09. The SMILES string of the molecule is CCNC(CC)CN(C)CC(F)F. The van der Waals surface area contributed by atoms with Crippen molar-refractivity contribution in [2.24, 2.45) is 0 Å². The number of halogens is 2. The van der Waals surface area contributed by atoms with Gasteiger partial charge in [-0.3, -0.25) is 4.90 Å². The molecule has 0 amide bonds. The molecule has 80 valence electrons. The summed E-state index contributed by atoms with van der Waals surface area (Å²) < 4.78 is 23.9. The lowest BCUT2D eigenvalue weighted by Crippen LogP contribution is -2.40. The molecule has 0 heterocycles. The van der Waals surface area contributed by atoms with Crippen LogP contribution in [0.4, 0.5) is 8.78 Å². The van der Waals surface area contributed by atoms with Gasteiger partial charge < -0.3 is 5.32 Å². The standard InChI is InChI=1S/C9H20F2N2/c1-4-8(12-5-2)6-13(3)7-9(10)11/h8-9,12H,4-7H2,1-3H3. The van der Waals surface area contributed by atoms with Gasteiger partial charge in [0.25, 0.3) is 6.43 Å². The number of nitrogens with zero attached hydrogens (tertiary/aromatic N) is 1. The van der Waals surface area contributed by atoms with Crippen LogP contribution >= 0.6 is 0 Å². The van der Waals surface area contributed by atoms with Gasteiger partial charge in [-0.1, -0.05) is 13.8 Å². The maximum atomic E-state index is 12.0. The maximum absolute atomic E-state index is 12.0. The minimum atomic E-state index is -2.23. The second kappa shape index (κ2) is 7.21. The first-order valence-corrected chi connectivity index (χ1v) is 4.80. The average molecular weight is 194 g/mol. The fourth-order valence-corrected chi connectivity index (χ4v) is 1.31. The molecule has 0 saturated heterocycles. The minimum Gasteiger partial charge on any atom is -0.313 e. The summed E-state index contributed by atoms with van der Waals surface area (Å²) in [5.41, 5.74) is 0. The van der Waals surface area contributed by atoms with Gasteiger partial charge in [0.2, 0.25) is 0 Å². The molecule has 1 atom stereocenters. The molecule has 0 aliphatic rings. The van der Waals surface area contributed by atoms with Gasteiger partial charge in [-0.05, 0) is 20.0 Å². The molecular formula is C9H20F2N2. The van der Waals surface area contributed by atoms with Crippen molar-refractivity contribution in [3.05, 3.63) is 0 Å². The number of likely N-dealkylation sites (N-methyl/N-ethyl adjacent to an activating group) is 2. The summed E-state index contributed by atoms with van der Waals surface area (Å²) in [7, 11) is 1.73. The lowest BCUT2D eigenvalue weighted by atomic mass is 10.2. The molecule has 0 aromatic carbocycles. The van der Waals surface area contributed by atoms with Crippen molar-refractivity contribution in [1.29, 1.82) is 0 Å². The summed E-state index contributed by atoms with van der Waals surface area (Å²) in [6.07, 6.45) is -1.26. The summed E-state index contributed by atoms with van der Waals surface area (Å²) in [4.78, 5) is 1.67. The molecular weight excluding hydrogens is 174 g/mol. The van der Waals surface area contributed by atoms with Crippen LogP contribution in [-0.2, 0) is 0 Å². The van der Waals surface area contributed by atoms with E-state index < -0.39 is 6.43 Å². The van der Waals surface area contributed by atoms with Gasteiger partial charge in [0.05, 0.1) is 6.54 Å². The first kappa shape index (κ1) is 12.8. The van der Waals surface area contributed by atoms with E-state index in [0.717, 1.165) is 13.0 Å². The van der Waals surface area contributed by atoms with Crippen LogP contribution in [0.25, 0.3) is 0 Å². The molecule has 0 aliphatic carbocycles. The molecule has 1 N–H and O–H groups in total. The smallest absolute Gasteiger partial charge is 0.251 e. The van der Waals surface area contributed by atoms with Crippen LogP contribution in [0.5, 0.6) is 0 Å². The molecule has 0 aromatic heterocycles. The number of alkyl halides is 2. The van der Waals surface area contributed by atoms with Crippen LogP contribution in [0.15, 0.2) is 0 Å². The second-order valence-electron chi connectivity index (χ2n) is 3.28. The molecule has 0 spiro atoms. The first-order valence-electron chi connectivity index (χ1n) is 4.80. The zero-order chi connectivity index (χ0) is 10.3. The summed E-state index contributed by atoms with van der Waals surface area (Å²) in [5.74, 6) is 0. The largest absolute Gasteiger partial charge is 0.313 e. The van der Waals surface area contributed by atoms with Gasteiger partial charge in [0.1, 0.15) is 0 Å². The predicted octanol–water partition coefficient (Wildman–Crippen LogP) is 1.57. The van der Waals surface area contributed by atoms with E-state index in [9.17, 15) is 8.78 Å². The molecule has 0 rings (SSSR count). The van der Waals surface area contributed by atoms with E-state index in [0.29, 0.717) is 12.6 Å². The fourth-order valence-electron chi connectivity index (χ4n) is 1.31. The maximum Gasteiger partial charge on any atom is 0.251 e. The van der Waals surface area contributed by atoms with E-state index in [1.54, 1.807) is 11.9 Å². The highest BCUT2D eigenvalue weighted by atomic mass is 19.3. The lowest BCUT2D eigenvalue weighted by Gasteiger charge is -2.23. The Morgan fingerprint density at radius 1 is 1.23 bits per heavy atom. The number of rotatable bonds is 7. The van der Waals surface area contributed by atoms with Crippen LogP contribution in [0, 0.1) is 0 Å². The van der Waals surface area contributed by atoms with Gasteiger partial charge in [-0.2, -0.15) is 0 Å². The summed E-state index contributed by atoms with van der Waals surface area (Å²) in [6, 6.07) is 0.328. The Labute approximate surface area is 79.3 Å². The second-order valence-corrected chi connectivity index (χ2v) is 3.28. The predicted molar refractivity (Wildman–Crippen MR) is 51.3 cm³/mol. The van der Waals surface area contributed by atoms with Crippen molar-refractivity contribution in [3.8, 4) is 0 Å². The van der Waals surface area contributed by atoms with E-state index in [1.807, 2.05) is 6.92 Å². The van der Waals surface area contributed by atoms with Crippen LogP contribution in [0.3, 0.4) is 0 Å². The molecule has 0 aromatic rings. The van der Waals surface area contributed by atoms with Gasteiger partial charge in [-0.25, -0.2) is 8.78 Å². The summed E-state index contributed by atoms with van der Waals surface area (Å²) in [6.45, 7) is 5.52. The summed E-state index contributed by atoms with van der Waals surface area (Å²) >= 11 is 0. The van der Waals surface area contributed by atoms with Crippen molar-refractivity contribution < 1.29 is 8.78 Å². The van der Waals surface area contributed by atoms with Crippen LogP contribution in [0.2, 0.25) is 0 Å². The van der Waals surface area contributed by atoms with Crippen molar-refractivity contribution in [3.63, 3.8) is 0 Å². The monoisotopic (exact) mass is 194 g/mol. The van der Waals surface area contributed by atoms with Gasteiger partial charge in [0.15, 0.2) is 0 Å². The number of hydrogen-bond acceptors (Lipinski definition) is 2. The zero-order valence-corrected chi connectivity index (χ0v) is 8.69. The molecule has 0 radical (unpaired) electrons. The van der Waals surface area contributed by atoms with E-state index in [-0.39, 0.29) is 6.54 Å². The highest BCUT2D eigenvalue weighted by Crippen LogP contribution is 1.99. The molecule has 0 bridgehead atoms. The average Bonchev–Trinajstić information content (AvgIpc) is 2.02. The lowest BCUT2D eigenvalue weighted by molar-refractivity contribution is 0.0957. The minimum absolute atomic E-state index is 0.137. The topological polar surface area (TPSA) is 15.3 Å². The van der Waals surface area contributed by atoms with Crippen LogP contribution in [0.1, 0.15) is 20.3 Å². The van der Waals surface area contributed by atoms with Gasteiger partial charge in [0, 0.05) is 12.6 Å². The van der Waals surface area contributed by atoms with Crippen molar-refractivity contribution >= 4 is 0 Å². The Bertz CT molecular complexity index is 120. The number of nitrogens with one attached hydrogen (secondary N) is 1. The third-order valence-corrected chi connectivity index (χ3v) is 1.97. The molecule has 2 nitrogen and oxygen atoms in total. The van der Waals surface area contributed by atoms with Crippen LogP contribution in [-0.4, -0.2) is 44.0 Å². The molecule has 1 unspecified atom stereocenters. The summed E-state index contributed by atoms with van der Waals surface area (Å²) in [5, 5.41) is 3.25. The van der Waals surface area contributed by atoms with Crippen molar-refractivity contribution in [2.45, 2.75) is 32.7 Å².